The Bertz CT molecular complexity index is 808. The Kier molecular flexibility index (Phi) is 5.58. The molecule has 0 radical (unpaired) electrons. The van der Waals surface area contributed by atoms with Crippen LogP contribution in [0.1, 0.15) is 11.1 Å². The van der Waals surface area contributed by atoms with Gasteiger partial charge < -0.3 is 25.3 Å². The van der Waals surface area contributed by atoms with Crippen molar-refractivity contribution in [1.82, 2.24) is 5.32 Å². The molecule has 144 valence electrons. The van der Waals surface area contributed by atoms with Gasteiger partial charge in [0.25, 0.3) is 0 Å². The molecule has 3 N–H and O–H groups in total. The van der Waals surface area contributed by atoms with E-state index in [1.165, 1.54) is 24.3 Å². The van der Waals surface area contributed by atoms with Crippen molar-refractivity contribution in [3.05, 3.63) is 53.6 Å². The maximum atomic E-state index is 12.1. The van der Waals surface area contributed by atoms with Gasteiger partial charge in [-0.05, 0) is 41.8 Å². The predicted octanol–water partition coefficient (Wildman–Crippen LogP) is 2.96. The summed E-state index contributed by atoms with van der Waals surface area (Å²) in [6.07, 6.45) is -3.98. The van der Waals surface area contributed by atoms with E-state index in [4.69, 9.17) is 15.2 Å². The lowest BCUT2D eigenvalue weighted by Crippen LogP contribution is -2.33. The van der Waals surface area contributed by atoms with E-state index in [9.17, 15) is 13.2 Å². The highest BCUT2D eigenvalue weighted by atomic mass is 19.4. The molecule has 0 fully saturated rings. The molecule has 1 aliphatic rings. The molecule has 0 amide bonds. The van der Waals surface area contributed by atoms with Crippen LogP contribution in [-0.4, -0.2) is 25.7 Å². The largest absolute Gasteiger partial charge is 0.573 e. The highest BCUT2D eigenvalue weighted by Gasteiger charge is 2.30. The Hall–Kier alpha value is -3.10. The SMILES string of the molecule is NC(=NCc1ccc(OC(F)(F)F)cc1)NCCc1ccc2c(c1)OCO2. The number of aliphatic imine (C=N–C) groups is 1. The summed E-state index contributed by atoms with van der Waals surface area (Å²) < 4.78 is 50.8. The fourth-order valence-electron chi connectivity index (χ4n) is 2.46. The van der Waals surface area contributed by atoms with Crippen molar-refractivity contribution in [2.75, 3.05) is 13.3 Å². The number of nitrogens with zero attached hydrogens (tertiary/aromatic N) is 1. The monoisotopic (exact) mass is 381 g/mol. The van der Waals surface area contributed by atoms with E-state index < -0.39 is 6.36 Å². The highest BCUT2D eigenvalue weighted by Crippen LogP contribution is 2.32. The zero-order chi connectivity index (χ0) is 19.3. The molecule has 2 aromatic carbocycles. The van der Waals surface area contributed by atoms with Gasteiger partial charge in [-0.2, -0.15) is 0 Å². The minimum Gasteiger partial charge on any atom is -0.454 e. The summed E-state index contributed by atoms with van der Waals surface area (Å²) in [7, 11) is 0. The van der Waals surface area contributed by atoms with Gasteiger partial charge in [-0.25, -0.2) is 4.99 Å². The zero-order valence-corrected chi connectivity index (χ0v) is 14.3. The molecule has 0 saturated heterocycles. The Labute approximate surface area is 153 Å². The number of hydrogen-bond acceptors (Lipinski definition) is 4. The summed E-state index contributed by atoms with van der Waals surface area (Å²) in [5.74, 6) is 1.45. The lowest BCUT2D eigenvalue weighted by Gasteiger charge is -2.09. The number of guanidine groups is 1. The van der Waals surface area contributed by atoms with Crippen LogP contribution in [0.5, 0.6) is 17.2 Å². The average molecular weight is 381 g/mol. The first kappa shape index (κ1) is 18.7. The standard InChI is InChI=1S/C18H18F3N3O3/c19-18(20,21)27-14-4-1-13(2-5-14)10-24-17(22)23-8-7-12-3-6-15-16(9-12)26-11-25-15/h1-6,9H,7-8,10-11H2,(H3,22,23,24). The summed E-state index contributed by atoms with van der Waals surface area (Å²) in [5.41, 5.74) is 7.59. The normalized spacial score (nSPS) is 13.5. The minimum absolute atomic E-state index is 0.236. The van der Waals surface area contributed by atoms with Gasteiger partial charge in [0, 0.05) is 6.54 Å². The van der Waals surface area contributed by atoms with Gasteiger partial charge in [0.2, 0.25) is 6.79 Å². The van der Waals surface area contributed by atoms with E-state index in [1.54, 1.807) is 0 Å². The van der Waals surface area contributed by atoms with Crippen molar-refractivity contribution in [1.29, 1.82) is 0 Å². The highest BCUT2D eigenvalue weighted by molar-refractivity contribution is 5.77. The lowest BCUT2D eigenvalue weighted by molar-refractivity contribution is -0.274. The Morgan fingerprint density at radius 2 is 1.78 bits per heavy atom. The molecule has 3 rings (SSSR count). The van der Waals surface area contributed by atoms with E-state index in [1.807, 2.05) is 18.2 Å². The Balaban J connectivity index is 1.44. The molecule has 0 aromatic heterocycles. The van der Waals surface area contributed by atoms with Crippen LogP contribution in [0, 0.1) is 0 Å². The number of rotatable bonds is 6. The number of benzene rings is 2. The molecule has 27 heavy (non-hydrogen) atoms. The van der Waals surface area contributed by atoms with Crippen LogP contribution in [-0.2, 0) is 13.0 Å². The Morgan fingerprint density at radius 3 is 2.52 bits per heavy atom. The molecule has 0 aliphatic carbocycles. The molecule has 1 aliphatic heterocycles. The molecule has 1 heterocycles. The molecule has 2 aromatic rings. The van der Waals surface area contributed by atoms with E-state index >= 15 is 0 Å². The molecule has 0 saturated carbocycles. The van der Waals surface area contributed by atoms with Crippen LogP contribution in [0.2, 0.25) is 0 Å². The molecular weight excluding hydrogens is 363 g/mol. The molecule has 0 spiro atoms. The second-order valence-corrected chi connectivity index (χ2v) is 5.76. The first-order valence-electron chi connectivity index (χ1n) is 8.16. The van der Waals surface area contributed by atoms with Crippen LogP contribution >= 0.6 is 0 Å². The van der Waals surface area contributed by atoms with Crippen molar-refractivity contribution >= 4 is 5.96 Å². The van der Waals surface area contributed by atoms with Crippen molar-refractivity contribution in [2.24, 2.45) is 10.7 Å². The number of halogens is 3. The molecule has 0 unspecified atom stereocenters. The molecule has 9 heteroatoms. The van der Waals surface area contributed by atoms with Gasteiger partial charge in [-0.1, -0.05) is 18.2 Å². The average Bonchev–Trinajstić information content (AvgIpc) is 3.07. The number of hydrogen-bond donors (Lipinski definition) is 2. The number of nitrogens with two attached hydrogens (primary N) is 1. The molecule has 6 nitrogen and oxygen atoms in total. The smallest absolute Gasteiger partial charge is 0.454 e. The fourth-order valence-corrected chi connectivity index (χ4v) is 2.46. The van der Waals surface area contributed by atoms with Crippen LogP contribution in [0.25, 0.3) is 0 Å². The number of ether oxygens (including phenoxy) is 3. The van der Waals surface area contributed by atoms with Gasteiger partial charge in [0.05, 0.1) is 6.54 Å². The minimum atomic E-state index is -4.70. The summed E-state index contributed by atoms with van der Waals surface area (Å²) in [6, 6.07) is 11.2. The second-order valence-electron chi connectivity index (χ2n) is 5.76. The maximum Gasteiger partial charge on any atom is 0.573 e. The van der Waals surface area contributed by atoms with E-state index in [0.29, 0.717) is 12.1 Å². The molecule has 0 atom stereocenters. The van der Waals surface area contributed by atoms with Gasteiger partial charge in [-0.15, -0.1) is 13.2 Å². The molecular formula is C18H18F3N3O3. The van der Waals surface area contributed by atoms with Gasteiger partial charge >= 0.3 is 6.36 Å². The topological polar surface area (TPSA) is 78.1 Å². The summed E-state index contributed by atoms with van der Waals surface area (Å²) in [6.45, 7) is 1.06. The van der Waals surface area contributed by atoms with E-state index in [-0.39, 0.29) is 25.0 Å². The lowest BCUT2D eigenvalue weighted by atomic mass is 10.1. The van der Waals surface area contributed by atoms with Gasteiger partial charge in [0.1, 0.15) is 5.75 Å². The van der Waals surface area contributed by atoms with Crippen molar-refractivity contribution in [2.45, 2.75) is 19.3 Å². The number of alkyl halides is 3. The molecule has 0 bridgehead atoms. The third kappa shape index (κ3) is 5.70. The quantitative estimate of drug-likeness (QED) is 0.594. The van der Waals surface area contributed by atoms with Crippen LogP contribution in [0.3, 0.4) is 0 Å². The van der Waals surface area contributed by atoms with Crippen LogP contribution in [0.15, 0.2) is 47.5 Å². The number of nitrogens with one attached hydrogen (secondary N) is 1. The third-order valence-corrected chi connectivity index (χ3v) is 3.75. The Morgan fingerprint density at radius 1 is 1.07 bits per heavy atom. The first-order chi connectivity index (χ1) is 12.9. The van der Waals surface area contributed by atoms with Crippen molar-refractivity contribution in [3.63, 3.8) is 0 Å². The summed E-state index contributed by atoms with van der Waals surface area (Å²) in [4.78, 5) is 4.16. The zero-order valence-electron chi connectivity index (χ0n) is 14.3. The van der Waals surface area contributed by atoms with Gasteiger partial charge in [0.15, 0.2) is 17.5 Å². The number of fused-ring (bicyclic) bond motifs is 1. The summed E-state index contributed by atoms with van der Waals surface area (Å²) >= 11 is 0. The third-order valence-electron chi connectivity index (χ3n) is 3.75. The van der Waals surface area contributed by atoms with Crippen LogP contribution in [0.4, 0.5) is 13.2 Å². The first-order valence-corrected chi connectivity index (χ1v) is 8.16. The fraction of sp³-hybridized carbons (Fsp3) is 0.278. The van der Waals surface area contributed by atoms with Crippen molar-refractivity contribution in [3.8, 4) is 17.2 Å². The van der Waals surface area contributed by atoms with E-state index in [2.05, 4.69) is 15.0 Å². The van der Waals surface area contributed by atoms with Crippen molar-refractivity contribution < 1.29 is 27.4 Å². The van der Waals surface area contributed by atoms with Crippen LogP contribution < -0.4 is 25.3 Å². The van der Waals surface area contributed by atoms with E-state index in [0.717, 1.165) is 23.5 Å². The predicted molar refractivity (Wildman–Crippen MR) is 92.7 cm³/mol. The second kappa shape index (κ2) is 8.07. The maximum absolute atomic E-state index is 12.1. The summed E-state index contributed by atoms with van der Waals surface area (Å²) in [5, 5.41) is 2.99. The van der Waals surface area contributed by atoms with Gasteiger partial charge in [-0.3, -0.25) is 0 Å².